The Morgan fingerprint density at radius 3 is 2.40 bits per heavy atom. The van der Waals surface area contributed by atoms with Gasteiger partial charge in [0.05, 0.1) is 12.7 Å². The Bertz CT molecular complexity index is 809. The van der Waals surface area contributed by atoms with Gasteiger partial charge in [0.25, 0.3) is 0 Å². The Hall–Kier alpha value is -2.57. The number of esters is 1. The van der Waals surface area contributed by atoms with Crippen molar-refractivity contribution in [1.29, 1.82) is 0 Å². The van der Waals surface area contributed by atoms with E-state index in [1.54, 1.807) is 23.1 Å². The first-order valence-electron chi connectivity index (χ1n) is 10.4. The summed E-state index contributed by atoms with van der Waals surface area (Å²) in [5.41, 5.74) is -0.167. The summed E-state index contributed by atoms with van der Waals surface area (Å²) in [6.45, 7) is 2.62. The number of methoxy groups -OCH3 is 1. The summed E-state index contributed by atoms with van der Waals surface area (Å²) in [6.07, 6.45) is 4.62. The van der Waals surface area contributed by atoms with E-state index in [1.165, 1.54) is 38.6 Å². The molecule has 1 aromatic carbocycles. The first kappa shape index (κ1) is 23.7. The highest BCUT2D eigenvalue weighted by atomic mass is 19.4. The maximum atomic E-state index is 13.2. The fourth-order valence-corrected chi connectivity index (χ4v) is 3.32. The number of hydrogen-bond acceptors (Lipinski definition) is 4. The van der Waals surface area contributed by atoms with Gasteiger partial charge >= 0.3 is 12.1 Å². The lowest BCUT2D eigenvalue weighted by molar-refractivity contribution is -0.137. The quantitative estimate of drug-likeness (QED) is 0.296. The Kier molecular flexibility index (Phi) is 9.15. The molecule has 2 aromatic rings. The molecule has 164 valence electrons. The molecule has 0 aliphatic heterocycles. The summed E-state index contributed by atoms with van der Waals surface area (Å²) < 4.78 is 44.6. The lowest BCUT2D eigenvalue weighted by atomic mass is 10.1. The lowest BCUT2D eigenvalue weighted by Gasteiger charge is -2.26. The van der Waals surface area contributed by atoms with Crippen LogP contribution in [0.4, 0.5) is 24.7 Å². The Balaban J connectivity index is 2.27. The molecule has 2 rings (SSSR count). The van der Waals surface area contributed by atoms with E-state index in [4.69, 9.17) is 4.74 Å². The van der Waals surface area contributed by atoms with Crippen LogP contribution in [0.3, 0.4) is 0 Å². The van der Waals surface area contributed by atoms with Gasteiger partial charge in [0, 0.05) is 18.4 Å². The van der Waals surface area contributed by atoms with Gasteiger partial charge in [0.1, 0.15) is 11.4 Å². The number of pyridine rings is 1. The number of benzene rings is 1. The van der Waals surface area contributed by atoms with Crippen LogP contribution in [0.1, 0.15) is 67.8 Å². The lowest BCUT2D eigenvalue weighted by Crippen LogP contribution is -2.23. The highest BCUT2D eigenvalue weighted by Crippen LogP contribution is 2.34. The van der Waals surface area contributed by atoms with E-state index in [2.05, 4.69) is 11.9 Å². The molecular weight excluding hydrogens is 393 g/mol. The van der Waals surface area contributed by atoms with Crippen LogP contribution in [0, 0.1) is 0 Å². The van der Waals surface area contributed by atoms with Crippen LogP contribution < -0.4 is 4.90 Å². The van der Waals surface area contributed by atoms with Crippen LogP contribution >= 0.6 is 0 Å². The van der Waals surface area contributed by atoms with Crippen molar-refractivity contribution in [2.75, 3.05) is 18.6 Å². The monoisotopic (exact) mass is 422 g/mol. The average molecular weight is 422 g/mol. The summed E-state index contributed by atoms with van der Waals surface area (Å²) >= 11 is 0. The number of aromatic nitrogens is 1. The number of carbonyl (C=O) groups excluding carboxylic acids is 1. The van der Waals surface area contributed by atoms with Gasteiger partial charge in [-0.2, -0.15) is 13.2 Å². The van der Waals surface area contributed by atoms with Crippen molar-refractivity contribution in [3.8, 4) is 0 Å². The average Bonchev–Trinajstić information content (AvgIpc) is 2.75. The summed E-state index contributed by atoms with van der Waals surface area (Å²) in [5, 5.41) is 0. The molecule has 0 N–H and O–H groups in total. The highest BCUT2D eigenvalue weighted by molar-refractivity contribution is 5.95. The molecule has 4 nitrogen and oxygen atoms in total. The molecule has 0 bridgehead atoms. The van der Waals surface area contributed by atoms with Crippen molar-refractivity contribution in [2.24, 2.45) is 0 Å². The SMILES string of the molecule is CCCCCCCCCN(c1cccc(C(F)(F)F)c1)c1ncccc1C(=O)OC. The molecule has 0 spiro atoms. The van der Waals surface area contributed by atoms with Gasteiger partial charge in [-0.25, -0.2) is 9.78 Å². The zero-order valence-electron chi connectivity index (χ0n) is 17.5. The first-order valence-corrected chi connectivity index (χ1v) is 10.4. The normalized spacial score (nSPS) is 11.4. The van der Waals surface area contributed by atoms with E-state index in [1.807, 2.05) is 0 Å². The number of rotatable bonds is 11. The maximum Gasteiger partial charge on any atom is 0.416 e. The van der Waals surface area contributed by atoms with Crippen molar-refractivity contribution < 1.29 is 22.7 Å². The molecule has 1 aromatic heterocycles. The molecule has 1 heterocycles. The predicted molar refractivity (Wildman–Crippen MR) is 112 cm³/mol. The number of hydrogen-bond donors (Lipinski definition) is 0. The molecule has 0 saturated carbocycles. The molecule has 0 aliphatic rings. The summed E-state index contributed by atoms with van der Waals surface area (Å²) in [6, 6.07) is 8.28. The molecule has 30 heavy (non-hydrogen) atoms. The van der Waals surface area contributed by atoms with Crippen LogP contribution in [0.5, 0.6) is 0 Å². The summed E-state index contributed by atoms with van der Waals surface area (Å²) in [4.78, 5) is 18.2. The standard InChI is InChI=1S/C23H29F3N2O2/c1-3-4-5-6-7-8-9-16-28(19-13-10-12-18(17-19)23(24,25)26)21-20(22(29)30-2)14-11-15-27-21/h10-15,17H,3-9,16H2,1-2H3. The van der Waals surface area contributed by atoms with E-state index < -0.39 is 17.7 Å². The number of unbranched alkanes of at least 4 members (excludes halogenated alkanes) is 6. The van der Waals surface area contributed by atoms with Crippen molar-refractivity contribution >= 4 is 17.5 Å². The smallest absolute Gasteiger partial charge is 0.416 e. The Morgan fingerprint density at radius 1 is 1.03 bits per heavy atom. The van der Waals surface area contributed by atoms with Gasteiger partial charge in [-0.1, -0.05) is 51.5 Å². The van der Waals surface area contributed by atoms with E-state index in [0.717, 1.165) is 37.8 Å². The number of halogens is 3. The molecule has 0 fully saturated rings. The second kappa shape index (κ2) is 11.6. The van der Waals surface area contributed by atoms with Crippen LogP contribution in [-0.4, -0.2) is 24.6 Å². The second-order valence-electron chi connectivity index (χ2n) is 7.19. The molecule has 0 atom stereocenters. The van der Waals surface area contributed by atoms with Crippen LogP contribution in [-0.2, 0) is 10.9 Å². The van der Waals surface area contributed by atoms with Gasteiger partial charge in [0.2, 0.25) is 0 Å². The predicted octanol–water partition coefficient (Wildman–Crippen LogP) is 6.78. The third-order valence-corrected chi connectivity index (χ3v) is 4.92. The number of nitrogens with zero attached hydrogens (tertiary/aromatic N) is 2. The van der Waals surface area contributed by atoms with Crippen LogP contribution in [0.25, 0.3) is 0 Å². The van der Waals surface area contributed by atoms with E-state index in [9.17, 15) is 18.0 Å². The Labute approximate surface area is 176 Å². The third-order valence-electron chi connectivity index (χ3n) is 4.92. The highest BCUT2D eigenvalue weighted by Gasteiger charge is 2.31. The minimum absolute atomic E-state index is 0.223. The number of alkyl halides is 3. The zero-order valence-corrected chi connectivity index (χ0v) is 17.5. The Morgan fingerprint density at radius 2 is 1.73 bits per heavy atom. The van der Waals surface area contributed by atoms with Crippen LogP contribution in [0.15, 0.2) is 42.6 Å². The number of carbonyl (C=O) groups is 1. The van der Waals surface area contributed by atoms with Gasteiger partial charge in [-0.05, 0) is 36.8 Å². The fourth-order valence-electron chi connectivity index (χ4n) is 3.32. The molecule has 0 saturated heterocycles. The minimum Gasteiger partial charge on any atom is -0.465 e. The van der Waals surface area contributed by atoms with Crippen molar-refractivity contribution in [1.82, 2.24) is 4.98 Å². The fraction of sp³-hybridized carbons (Fsp3) is 0.478. The third kappa shape index (κ3) is 6.75. The van der Waals surface area contributed by atoms with Crippen molar-refractivity contribution in [3.63, 3.8) is 0 Å². The maximum absolute atomic E-state index is 13.2. The van der Waals surface area contributed by atoms with Crippen molar-refractivity contribution in [3.05, 3.63) is 53.7 Å². The van der Waals surface area contributed by atoms with Gasteiger partial charge in [-0.15, -0.1) is 0 Å². The van der Waals surface area contributed by atoms with E-state index in [-0.39, 0.29) is 5.56 Å². The van der Waals surface area contributed by atoms with E-state index in [0.29, 0.717) is 18.1 Å². The van der Waals surface area contributed by atoms with E-state index >= 15 is 0 Å². The van der Waals surface area contributed by atoms with Crippen LogP contribution in [0.2, 0.25) is 0 Å². The van der Waals surface area contributed by atoms with Crippen molar-refractivity contribution in [2.45, 2.75) is 58.0 Å². The summed E-state index contributed by atoms with van der Waals surface area (Å²) in [7, 11) is 1.27. The zero-order chi connectivity index (χ0) is 22.0. The molecule has 0 unspecified atom stereocenters. The second-order valence-corrected chi connectivity index (χ2v) is 7.19. The molecule has 0 amide bonds. The van der Waals surface area contributed by atoms with Gasteiger partial charge in [-0.3, -0.25) is 0 Å². The molecule has 7 heteroatoms. The first-order chi connectivity index (χ1) is 14.4. The van der Waals surface area contributed by atoms with Gasteiger partial charge in [0.15, 0.2) is 0 Å². The van der Waals surface area contributed by atoms with Gasteiger partial charge < -0.3 is 9.64 Å². The molecular formula is C23H29F3N2O2. The topological polar surface area (TPSA) is 42.4 Å². The number of ether oxygens (including phenoxy) is 1. The molecule has 0 radical (unpaired) electrons. The minimum atomic E-state index is -4.45. The molecule has 0 aliphatic carbocycles. The summed E-state index contributed by atoms with van der Waals surface area (Å²) in [5.74, 6) is -0.274. The number of anilines is 2. The largest absolute Gasteiger partial charge is 0.465 e.